The van der Waals surface area contributed by atoms with E-state index in [0.29, 0.717) is 0 Å². The Kier molecular flexibility index (Phi) is 6.57. The number of fused-ring (bicyclic) bond motifs is 1. The first kappa shape index (κ1) is 15.2. The summed E-state index contributed by atoms with van der Waals surface area (Å²) in [5, 5.41) is 3.52. The Balaban J connectivity index is 1.63. The van der Waals surface area contributed by atoms with Gasteiger partial charge < -0.3 is 10.1 Å². The Morgan fingerprint density at radius 2 is 2.11 bits per heavy atom. The molecule has 2 atom stereocenters. The Hall–Kier alpha value is -0.160. The van der Waals surface area contributed by atoms with Gasteiger partial charge in [-0.25, -0.2) is 0 Å². The van der Waals surface area contributed by atoms with Crippen molar-refractivity contribution in [1.82, 2.24) is 15.1 Å². The second kappa shape index (κ2) is 8.20. The van der Waals surface area contributed by atoms with Crippen molar-refractivity contribution in [2.75, 3.05) is 53.0 Å². The summed E-state index contributed by atoms with van der Waals surface area (Å²) in [5.41, 5.74) is 0. The highest BCUT2D eigenvalue weighted by Gasteiger charge is 2.32. The van der Waals surface area contributed by atoms with Crippen LogP contribution in [0.15, 0.2) is 0 Å². The Labute approximate surface area is 118 Å². The lowest BCUT2D eigenvalue weighted by atomic mass is 9.97. The van der Waals surface area contributed by atoms with E-state index < -0.39 is 0 Å². The molecule has 0 aromatic carbocycles. The summed E-state index contributed by atoms with van der Waals surface area (Å²) in [6.07, 6.45) is 5.36. The van der Waals surface area contributed by atoms with E-state index in [1.165, 1.54) is 45.4 Å². The molecule has 0 amide bonds. The number of rotatable bonds is 7. The van der Waals surface area contributed by atoms with Gasteiger partial charge in [-0.05, 0) is 39.3 Å². The lowest BCUT2D eigenvalue weighted by Gasteiger charge is -2.47. The molecular weight excluding hydrogens is 238 g/mol. The molecule has 2 rings (SSSR count). The Bertz CT molecular complexity index is 250. The van der Waals surface area contributed by atoms with Crippen LogP contribution in [0.5, 0.6) is 0 Å². The minimum absolute atomic E-state index is 0.718. The molecule has 2 fully saturated rings. The van der Waals surface area contributed by atoms with Gasteiger partial charge >= 0.3 is 0 Å². The quantitative estimate of drug-likeness (QED) is 0.702. The van der Waals surface area contributed by atoms with Gasteiger partial charge in [-0.3, -0.25) is 9.80 Å². The van der Waals surface area contributed by atoms with Crippen molar-refractivity contribution < 1.29 is 4.74 Å². The van der Waals surface area contributed by atoms with E-state index in [9.17, 15) is 0 Å². The number of piperidine rings is 1. The van der Waals surface area contributed by atoms with Crippen LogP contribution in [-0.4, -0.2) is 74.9 Å². The lowest BCUT2D eigenvalue weighted by molar-refractivity contribution is 0.0160. The molecule has 4 nitrogen and oxygen atoms in total. The van der Waals surface area contributed by atoms with E-state index in [0.717, 1.165) is 38.2 Å². The summed E-state index contributed by atoms with van der Waals surface area (Å²) in [6, 6.07) is 1.55. The van der Waals surface area contributed by atoms with Gasteiger partial charge in [0.1, 0.15) is 0 Å². The Morgan fingerprint density at radius 3 is 2.95 bits per heavy atom. The van der Waals surface area contributed by atoms with Crippen LogP contribution in [0.3, 0.4) is 0 Å². The van der Waals surface area contributed by atoms with E-state index in [1.54, 1.807) is 7.11 Å². The van der Waals surface area contributed by atoms with Gasteiger partial charge in [0.15, 0.2) is 0 Å². The van der Waals surface area contributed by atoms with Gasteiger partial charge in [0, 0.05) is 52.0 Å². The summed E-state index contributed by atoms with van der Waals surface area (Å²) in [5.74, 6) is 0. The van der Waals surface area contributed by atoms with Crippen molar-refractivity contribution in [1.29, 1.82) is 0 Å². The standard InChI is InChI=1S/C15H31N3O/c1-14-12-18-9-4-3-6-15(18)13-17(14)10-8-16-7-5-11-19-2/h14-16H,3-13H2,1-2H3. The molecule has 0 aromatic rings. The van der Waals surface area contributed by atoms with Crippen molar-refractivity contribution >= 4 is 0 Å². The predicted molar refractivity (Wildman–Crippen MR) is 79.6 cm³/mol. The maximum absolute atomic E-state index is 5.06. The number of ether oxygens (including phenoxy) is 1. The van der Waals surface area contributed by atoms with Gasteiger partial charge in [0.05, 0.1) is 0 Å². The van der Waals surface area contributed by atoms with Crippen molar-refractivity contribution in [2.45, 2.75) is 44.7 Å². The summed E-state index contributed by atoms with van der Waals surface area (Å²) < 4.78 is 5.06. The summed E-state index contributed by atoms with van der Waals surface area (Å²) in [7, 11) is 1.77. The van der Waals surface area contributed by atoms with E-state index in [4.69, 9.17) is 4.74 Å². The molecule has 0 saturated carbocycles. The smallest absolute Gasteiger partial charge is 0.0474 e. The highest BCUT2D eigenvalue weighted by molar-refractivity contribution is 4.89. The molecule has 2 aliphatic heterocycles. The number of nitrogens with zero attached hydrogens (tertiary/aromatic N) is 2. The lowest BCUT2D eigenvalue weighted by Crippen LogP contribution is -2.59. The molecule has 0 aromatic heterocycles. The van der Waals surface area contributed by atoms with Crippen LogP contribution in [0.25, 0.3) is 0 Å². The molecule has 0 radical (unpaired) electrons. The van der Waals surface area contributed by atoms with E-state index in [1.807, 2.05) is 0 Å². The monoisotopic (exact) mass is 269 g/mol. The number of nitrogens with one attached hydrogen (secondary N) is 1. The van der Waals surface area contributed by atoms with Crippen LogP contribution < -0.4 is 5.32 Å². The van der Waals surface area contributed by atoms with Gasteiger partial charge in [-0.1, -0.05) is 6.42 Å². The molecule has 4 heteroatoms. The molecule has 112 valence electrons. The third kappa shape index (κ3) is 4.71. The zero-order valence-corrected chi connectivity index (χ0v) is 12.7. The van der Waals surface area contributed by atoms with E-state index in [-0.39, 0.29) is 0 Å². The highest BCUT2D eigenvalue weighted by Crippen LogP contribution is 2.23. The van der Waals surface area contributed by atoms with E-state index >= 15 is 0 Å². The van der Waals surface area contributed by atoms with Crippen LogP contribution in [0.1, 0.15) is 32.6 Å². The number of methoxy groups -OCH3 is 1. The molecule has 2 unspecified atom stereocenters. The largest absolute Gasteiger partial charge is 0.385 e. The van der Waals surface area contributed by atoms with Crippen molar-refractivity contribution in [2.24, 2.45) is 0 Å². The first-order valence-corrected chi connectivity index (χ1v) is 7.99. The maximum Gasteiger partial charge on any atom is 0.0474 e. The molecule has 2 saturated heterocycles. The summed E-state index contributed by atoms with van der Waals surface area (Å²) in [6.45, 7) is 10.5. The van der Waals surface area contributed by atoms with Crippen LogP contribution in [0.4, 0.5) is 0 Å². The first-order chi connectivity index (χ1) is 9.31. The highest BCUT2D eigenvalue weighted by atomic mass is 16.5. The fourth-order valence-corrected chi connectivity index (χ4v) is 3.41. The maximum atomic E-state index is 5.06. The zero-order chi connectivity index (χ0) is 13.5. The number of hydrogen-bond acceptors (Lipinski definition) is 4. The van der Waals surface area contributed by atoms with Crippen molar-refractivity contribution in [3.8, 4) is 0 Å². The minimum atomic E-state index is 0.718. The molecular formula is C15H31N3O. The van der Waals surface area contributed by atoms with Crippen LogP contribution in [-0.2, 0) is 4.74 Å². The summed E-state index contributed by atoms with van der Waals surface area (Å²) >= 11 is 0. The average molecular weight is 269 g/mol. The zero-order valence-electron chi connectivity index (χ0n) is 12.7. The molecule has 2 aliphatic rings. The van der Waals surface area contributed by atoms with E-state index in [2.05, 4.69) is 22.0 Å². The van der Waals surface area contributed by atoms with Crippen LogP contribution in [0, 0.1) is 0 Å². The van der Waals surface area contributed by atoms with Crippen LogP contribution in [0.2, 0.25) is 0 Å². The van der Waals surface area contributed by atoms with Gasteiger partial charge in [0.25, 0.3) is 0 Å². The molecule has 0 aliphatic carbocycles. The second-order valence-electron chi connectivity index (χ2n) is 6.08. The number of piperazine rings is 1. The second-order valence-corrected chi connectivity index (χ2v) is 6.08. The van der Waals surface area contributed by atoms with Gasteiger partial charge in [-0.2, -0.15) is 0 Å². The molecule has 1 N–H and O–H groups in total. The predicted octanol–water partition coefficient (Wildman–Crippen LogP) is 1.17. The SMILES string of the molecule is COCCCNCCN1CC2CCCCN2CC1C. The normalized spacial score (nSPS) is 29.4. The van der Waals surface area contributed by atoms with Crippen molar-refractivity contribution in [3.05, 3.63) is 0 Å². The Morgan fingerprint density at radius 1 is 1.21 bits per heavy atom. The minimum Gasteiger partial charge on any atom is -0.385 e. The first-order valence-electron chi connectivity index (χ1n) is 7.99. The topological polar surface area (TPSA) is 27.7 Å². The molecule has 0 spiro atoms. The number of hydrogen-bond donors (Lipinski definition) is 1. The fourth-order valence-electron chi connectivity index (χ4n) is 3.41. The van der Waals surface area contributed by atoms with Gasteiger partial charge in [-0.15, -0.1) is 0 Å². The summed E-state index contributed by atoms with van der Waals surface area (Å²) in [4.78, 5) is 5.40. The fraction of sp³-hybridized carbons (Fsp3) is 1.00. The molecule has 19 heavy (non-hydrogen) atoms. The third-order valence-electron chi connectivity index (χ3n) is 4.59. The third-order valence-corrected chi connectivity index (χ3v) is 4.59. The van der Waals surface area contributed by atoms with Crippen molar-refractivity contribution in [3.63, 3.8) is 0 Å². The van der Waals surface area contributed by atoms with Gasteiger partial charge in [0.2, 0.25) is 0 Å². The molecule has 2 heterocycles. The van der Waals surface area contributed by atoms with Crippen LogP contribution >= 0.6 is 0 Å². The molecule has 0 bridgehead atoms. The average Bonchev–Trinajstić information content (AvgIpc) is 2.43.